The van der Waals surface area contributed by atoms with Crippen LogP contribution in [0.1, 0.15) is 55.5 Å². The van der Waals surface area contributed by atoms with Gasteiger partial charge in [0.2, 0.25) is 47.3 Å². The monoisotopic (exact) mass is 1120 g/mol. The van der Waals surface area contributed by atoms with Gasteiger partial charge in [-0.25, -0.2) is 9.78 Å². The molecule has 3 heterocycles. The topological polar surface area (TPSA) is 352 Å². The summed E-state index contributed by atoms with van der Waals surface area (Å²) in [5.74, 6) is -7.54. The third-order valence-corrected chi connectivity index (χ3v) is 14.0. The number of aromatic amines is 2. The van der Waals surface area contributed by atoms with E-state index in [0.29, 0.717) is 28.8 Å². The van der Waals surface area contributed by atoms with Gasteiger partial charge in [0.25, 0.3) is 0 Å². The average Bonchev–Trinajstić information content (AvgIpc) is 4.25. The van der Waals surface area contributed by atoms with E-state index in [-0.39, 0.29) is 68.2 Å². The van der Waals surface area contributed by atoms with Crippen molar-refractivity contribution in [2.24, 2.45) is 11.7 Å². The lowest BCUT2D eigenvalue weighted by atomic mass is 9.99. The Morgan fingerprint density at radius 1 is 0.671 bits per heavy atom. The fraction of sp³-hybridized carbons (Fsp3) is 0.407. The molecule has 0 aliphatic carbocycles. The molecule has 0 bridgehead atoms. The molecule has 1 saturated heterocycles. The number of carbonyl (C=O) groups excluding carboxylic acids is 8. The maximum atomic E-state index is 14.7. The van der Waals surface area contributed by atoms with Gasteiger partial charge in [-0.05, 0) is 60.1 Å². The van der Waals surface area contributed by atoms with Crippen LogP contribution in [0.3, 0.4) is 0 Å². The molecule has 1 fully saturated rings. The number of nitrogens with zero attached hydrogens (tertiary/aromatic N) is 2. The van der Waals surface area contributed by atoms with E-state index in [1.54, 1.807) is 48.7 Å². The molecule has 0 spiro atoms. The van der Waals surface area contributed by atoms with Crippen LogP contribution in [-0.4, -0.2) is 156 Å². The Hall–Kier alpha value is -7.90. The number of aromatic nitrogens is 3. The summed E-state index contributed by atoms with van der Waals surface area (Å²) >= 11 is 8.12. The van der Waals surface area contributed by atoms with Gasteiger partial charge in [0.05, 0.1) is 18.9 Å². The van der Waals surface area contributed by atoms with Crippen molar-refractivity contribution in [3.05, 3.63) is 120 Å². The van der Waals surface area contributed by atoms with E-state index >= 15 is 0 Å². The summed E-state index contributed by atoms with van der Waals surface area (Å²) < 4.78 is 0. The molecule has 1 aliphatic rings. The van der Waals surface area contributed by atoms with Crippen LogP contribution < -0.4 is 43.0 Å². The summed E-state index contributed by atoms with van der Waals surface area (Å²) in [6.07, 6.45) is 4.98. The van der Waals surface area contributed by atoms with Crippen LogP contribution in [0.15, 0.2) is 97.6 Å². The second kappa shape index (κ2) is 29.2. The molecule has 3 aromatic carbocycles. The highest BCUT2D eigenvalue weighted by Crippen LogP contribution is 2.21. The van der Waals surface area contributed by atoms with Gasteiger partial charge in [0, 0.05) is 72.7 Å². The molecule has 0 radical (unpaired) electrons. The second-order valence-electron chi connectivity index (χ2n) is 19.7. The van der Waals surface area contributed by atoms with E-state index < -0.39 is 108 Å². The third kappa shape index (κ3) is 17.6. The van der Waals surface area contributed by atoms with Crippen LogP contribution in [0.4, 0.5) is 0 Å². The van der Waals surface area contributed by atoms with Crippen molar-refractivity contribution in [1.29, 1.82) is 0 Å². The number of aliphatic carboxylic acids is 1. The average molecular weight is 1130 g/mol. The number of imidazole rings is 1. The Balaban J connectivity index is 1.23. The highest BCUT2D eigenvalue weighted by atomic mass is 32.1. The minimum Gasteiger partial charge on any atom is -0.508 e. The van der Waals surface area contributed by atoms with Crippen LogP contribution in [0.5, 0.6) is 5.75 Å². The van der Waals surface area contributed by atoms with Crippen molar-refractivity contribution in [3.63, 3.8) is 0 Å². The number of carbonyl (C=O) groups is 9. The van der Waals surface area contributed by atoms with Gasteiger partial charge >= 0.3 is 5.97 Å². The molecule has 25 heteroatoms. The first-order valence-corrected chi connectivity index (χ1v) is 27.0. The Kier molecular flexibility index (Phi) is 22.3. The van der Waals surface area contributed by atoms with Crippen LogP contribution in [-0.2, 0) is 68.8 Å². The van der Waals surface area contributed by atoms with E-state index in [1.165, 1.54) is 29.6 Å². The number of aromatic hydroxyl groups is 1. The number of thiol groups is 2. The molecule has 79 heavy (non-hydrogen) atoms. The Bertz CT molecular complexity index is 2910. The Morgan fingerprint density at radius 2 is 1.24 bits per heavy atom. The minimum atomic E-state index is -1.38. The fourth-order valence-electron chi connectivity index (χ4n) is 9.02. The largest absolute Gasteiger partial charge is 0.508 e. The van der Waals surface area contributed by atoms with Crippen LogP contribution in [0.2, 0.25) is 0 Å². The quantitative estimate of drug-likeness (QED) is 0.0298. The van der Waals surface area contributed by atoms with Crippen molar-refractivity contribution in [3.8, 4) is 5.75 Å². The first-order valence-electron chi connectivity index (χ1n) is 25.8. The highest BCUT2D eigenvalue weighted by Gasteiger charge is 2.37. The lowest BCUT2D eigenvalue weighted by Crippen LogP contribution is -2.60. The van der Waals surface area contributed by atoms with Crippen LogP contribution in [0.25, 0.3) is 10.9 Å². The number of hydrogen-bond donors (Lipinski definition) is 14. The van der Waals surface area contributed by atoms with E-state index in [1.807, 2.05) is 38.1 Å². The molecule has 1 aliphatic heterocycles. The van der Waals surface area contributed by atoms with Crippen molar-refractivity contribution in [2.75, 3.05) is 24.6 Å². The number of fused-ring (bicyclic) bond motifs is 1. The lowest BCUT2D eigenvalue weighted by Gasteiger charge is -2.28. The summed E-state index contributed by atoms with van der Waals surface area (Å²) in [4.78, 5) is 135. The first-order chi connectivity index (χ1) is 37.8. The SMILES string of the molecule is CC(C)C[C@H](NC(=O)[C@H](Cc1ccccc1)NC(=O)[C@H](Cc1cnc[nH]1)NC(=O)[C@H](Cc1ccc(O)cc1)NC(=O)[C@@H](N)CS)C(=O)N[C@@H](Cc1c[nH]c2ccccc12)C(=O)NCC(=O)N1CCC[C@H]1C(=O)N[C@@H](CS)C(=O)O. The number of likely N-dealkylation sites (tertiary alicyclic amines) is 1. The highest BCUT2D eigenvalue weighted by molar-refractivity contribution is 7.80. The maximum absolute atomic E-state index is 14.7. The number of phenols is 1. The molecule has 8 amide bonds. The summed E-state index contributed by atoms with van der Waals surface area (Å²) in [6.45, 7) is 3.27. The Labute approximate surface area is 467 Å². The van der Waals surface area contributed by atoms with Crippen molar-refractivity contribution >= 4 is 89.4 Å². The molecular formula is C54H68N12O11S2. The molecule has 0 saturated carbocycles. The van der Waals surface area contributed by atoms with E-state index in [2.05, 4.69) is 77.4 Å². The van der Waals surface area contributed by atoms with Crippen LogP contribution in [0, 0.1) is 5.92 Å². The number of phenolic OH excluding ortho intramolecular Hbond substituents is 1. The van der Waals surface area contributed by atoms with Gasteiger partial charge in [0.15, 0.2) is 0 Å². The van der Waals surface area contributed by atoms with Gasteiger partial charge < -0.3 is 68.0 Å². The molecule has 23 nitrogen and oxygen atoms in total. The van der Waals surface area contributed by atoms with Crippen molar-refractivity contribution < 1.29 is 53.4 Å². The van der Waals surface area contributed by atoms with Crippen molar-refractivity contribution in [2.45, 2.75) is 107 Å². The number of nitrogens with one attached hydrogen (secondary N) is 9. The van der Waals surface area contributed by atoms with E-state index in [9.17, 15) is 53.4 Å². The normalized spacial score (nSPS) is 15.8. The van der Waals surface area contributed by atoms with Gasteiger partial charge in [-0.1, -0.05) is 74.5 Å². The third-order valence-electron chi connectivity index (χ3n) is 13.2. The van der Waals surface area contributed by atoms with E-state index in [0.717, 1.165) is 10.9 Å². The smallest absolute Gasteiger partial charge is 0.327 e. The number of H-pyrrole nitrogens is 2. The molecule has 6 rings (SSSR count). The van der Waals surface area contributed by atoms with Crippen molar-refractivity contribution in [1.82, 2.24) is 57.1 Å². The van der Waals surface area contributed by atoms with Gasteiger partial charge in [-0.15, -0.1) is 0 Å². The molecule has 0 unspecified atom stereocenters. The fourth-order valence-corrected chi connectivity index (χ4v) is 9.44. The minimum absolute atomic E-state index is 0.0189. The van der Waals surface area contributed by atoms with Gasteiger partial charge in [-0.2, -0.15) is 25.3 Å². The number of amides is 8. The standard InChI is InChI=1S/C54H68N12O11S2/c1-30(2)19-39(49(71)63-42(22-33-24-57-38-12-7-6-11-36(33)38)48(70)58-26-46(68)66-18-8-13-45(66)53(75)65-44(28-79)54(76)77)61-51(73)41(20-31-9-4-3-5-10-31)62-52(74)43(23-34-25-56-29-59-34)64-50(72)40(60-47(69)37(55)27-78)21-32-14-16-35(67)17-15-32/h3-7,9-12,14-17,24-25,29-30,37,39-45,57,67,78-79H,8,13,18-23,26-28,55H2,1-2H3,(H,56,59)(H,58,70)(H,60,69)(H,61,73)(H,62,74)(H,63,71)(H,64,72)(H,65,75)(H,76,77)/t37-,39-,40-,41-,42-,43-,44-,45-/m0/s1. The zero-order valence-corrected chi connectivity index (χ0v) is 45.4. The predicted molar refractivity (Wildman–Crippen MR) is 298 cm³/mol. The second-order valence-corrected chi connectivity index (χ2v) is 20.4. The number of hydrogen-bond acceptors (Lipinski definition) is 14. The summed E-state index contributed by atoms with van der Waals surface area (Å²) in [6, 6.07) is 12.1. The first kappa shape index (κ1) is 60.3. The summed E-state index contributed by atoms with van der Waals surface area (Å²) in [5.41, 5.74) is 8.99. The van der Waals surface area contributed by atoms with Gasteiger partial charge in [0.1, 0.15) is 48.0 Å². The number of carboxylic acids is 1. The summed E-state index contributed by atoms with van der Waals surface area (Å²) in [7, 11) is 0. The molecular weight excluding hydrogens is 1060 g/mol. The molecule has 8 atom stereocenters. The Morgan fingerprint density at radius 3 is 1.84 bits per heavy atom. The number of benzene rings is 3. The zero-order chi connectivity index (χ0) is 57.2. The molecule has 13 N–H and O–H groups in total. The van der Waals surface area contributed by atoms with Gasteiger partial charge in [-0.3, -0.25) is 38.4 Å². The summed E-state index contributed by atoms with van der Waals surface area (Å²) in [5, 5.41) is 38.9. The molecule has 5 aromatic rings. The molecule has 2 aromatic heterocycles. The number of rotatable bonds is 28. The number of para-hydroxylation sites is 1. The molecule has 422 valence electrons. The lowest BCUT2D eigenvalue weighted by molar-refractivity contribution is -0.143. The number of carboxylic acid groups (broad SMARTS) is 1. The number of nitrogens with two attached hydrogens (primary N) is 1. The van der Waals surface area contributed by atoms with Crippen LogP contribution >= 0.6 is 25.3 Å². The zero-order valence-electron chi connectivity index (χ0n) is 43.6. The maximum Gasteiger partial charge on any atom is 0.327 e. The van der Waals surface area contributed by atoms with E-state index in [4.69, 9.17) is 5.73 Å². The predicted octanol–water partition coefficient (Wildman–Crippen LogP) is 0.201.